The minimum Gasteiger partial charge on any atom is -0.376 e. The van der Waals surface area contributed by atoms with Crippen molar-refractivity contribution in [2.45, 2.75) is 75.2 Å². The van der Waals surface area contributed by atoms with Crippen LogP contribution >= 0.6 is 11.8 Å². The maximum Gasteiger partial charge on any atom is 0.221 e. The second-order valence-electron chi connectivity index (χ2n) is 8.06. The van der Waals surface area contributed by atoms with Crippen LogP contribution in [0.4, 0.5) is 4.39 Å². The summed E-state index contributed by atoms with van der Waals surface area (Å²) in [4.78, 5) is 12.3. The Morgan fingerprint density at radius 3 is 2.67 bits per heavy atom. The number of nitrogens with zero attached hydrogens (tertiary/aromatic N) is 3. The number of benzene rings is 1. The lowest BCUT2D eigenvalue weighted by atomic mass is 9.95. The molecule has 1 unspecified atom stereocenters. The van der Waals surface area contributed by atoms with E-state index in [1.807, 2.05) is 4.57 Å². The van der Waals surface area contributed by atoms with Crippen LogP contribution in [-0.2, 0) is 16.1 Å². The quantitative estimate of drug-likeness (QED) is 0.634. The lowest BCUT2D eigenvalue weighted by Gasteiger charge is -2.22. The number of hydrogen-bond acceptors (Lipinski definition) is 5. The molecule has 2 heterocycles. The van der Waals surface area contributed by atoms with Crippen LogP contribution in [0.1, 0.15) is 51.4 Å². The molecule has 8 heteroatoms. The van der Waals surface area contributed by atoms with Gasteiger partial charge < -0.3 is 10.1 Å². The van der Waals surface area contributed by atoms with Gasteiger partial charge in [-0.3, -0.25) is 9.36 Å². The number of nitrogens with one attached hydrogen (secondary N) is 1. The van der Waals surface area contributed by atoms with Gasteiger partial charge in [0, 0.05) is 30.4 Å². The van der Waals surface area contributed by atoms with E-state index in [0.29, 0.717) is 30.6 Å². The minimum atomic E-state index is -0.275. The molecule has 2 fully saturated rings. The molecule has 1 aliphatic carbocycles. The Labute approximate surface area is 181 Å². The lowest BCUT2D eigenvalue weighted by molar-refractivity contribution is -0.121. The number of rotatable bonds is 8. The molecule has 6 nitrogen and oxygen atoms in total. The second-order valence-corrected chi connectivity index (χ2v) is 9.12. The van der Waals surface area contributed by atoms with Crippen molar-refractivity contribution in [2.24, 2.45) is 0 Å². The van der Waals surface area contributed by atoms with Gasteiger partial charge in [0.2, 0.25) is 5.91 Å². The number of hydrogen-bond donors (Lipinski definition) is 1. The van der Waals surface area contributed by atoms with Gasteiger partial charge in [-0.25, -0.2) is 4.39 Å². The smallest absolute Gasteiger partial charge is 0.221 e. The number of amides is 1. The predicted octanol–water partition coefficient (Wildman–Crippen LogP) is 4.19. The van der Waals surface area contributed by atoms with Crippen LogP contribution in [0.3, 0.4) is 0 Å². The Morgan fingerprint density at radius 1 is 1.13 bits per heavy atom. The molecular formula is C22H29FN4O2S. The molecule has 1 aliphatic heterocycles. The lowest BCUT2D eigenvalue weighted by Crippen LogP contribution is -2.36. The molecule has 162 valence electrons. The first-order valence-corrected chi connectivity index (χ1v) is 11.9. The fraction of sp³-hybridized carbons (Fsp3) is 0.591. The topological polar surface area (TPSA) is 69.0 Å². The summed E-state index contributed by atoms with van der Waals surface area (Å²) < 4.78 is 21.2. The monoisotopic (exact) mass is 432 g/mol. The Balaban J connectivity index is 1.40. The zero-order chi connectivity index (χ0) is 20.8. The molecule has 30 heavy (non-hydrogen) atoms. The third-order valence-electron chi connectivity index (χ3n) is 5.76. The van der Waals surface area contributed by atoms with Crippen LogP contribution in [0.15, 0.2) is 29.4 Å². The summed E-state index contributed by atoms with van der Waals surface area (Å²) in [6.07, 6.45) is 8.53. The molecule has 2 aromatic rings. The van der Waals surface area contributed by atoms with Crippen molar-refractivity contribution < 1.29 is 13.9 Å². The number of halogens is 1. The van der Waals surface area contributed by atoms with Gasteiger partial charge >= 0.3 is 0 Å². The largest absolute Gasteiger partial charge is 0.376 e. The van der Waals surface area contributed by atoms with Gasteiger partial charge in [-0.05, 0) is 49.9 Å². The molecule has 1 aromatic heterocycles. The summed E-state index contributed by atoms with van der Waals surface area (Å²) in [5, 5.41) is 12.7. The van der Waals surface area contributed by atoms with E-state index >= 15 is 0 Å². The van der Waals surface area contributed by atoms with Crippen LogP contribution in [0.2, 0.25) is 0 Å². The van der Waals surface area contributed by atoms with E-state index in [2.05, 4.69) is 15.5 Å². The van der Waals surface area contributed by atoms with Crippen molar-refractivity contribution in [3.8, 4) is 11.4 Å². The Morgan fingerprint density at radius 2 is 1.93 bits per heavy atom. The highest BCUT2D eigenvalue weighted by Gasteiger charge is 2.22. The second kappa shape index (κ2) is 10.4. The summed E-state index contributed by atoms with van der Waals surface area (Å²) in [5.74, 6) is 1.19. The first kappa shape index (κ1) is 21.3. The molecule has 2 aliphatic rings. The molecule has 0 bridgehead atoms. The van der Waals surface area contributed by atoms with E-state index in [1.54, 1.807) is 12.1 Å². The number of thioether (sulfide) groups is 1. The van der Waals surface area contributed by atoms with Gasteiger partial charge in [-0.2, -0.15) is 0 Å². The van der Waals surface area contributed by atoms with Crippen LogP contribution in [0.5, 0.6) is 0 Å². The molecule has 4 rings (SSSR count). The number of carbonyl (C=O) groups excluding carboxylic acids is 1. The Hall–Kier alpha value is -1.93. The molecule has 0 spiro atoms. The molecule has 0 radical (unpaired) electrons. The standard InChI is InChI=1S/C22H29FN4O2S/c23-17-10-8-16(9-11-17)21-25-26-22(27(21)15-19-7-4-13-29-19)30-14-12-20(28)24-18-5-2-1-3-6-18/h8-11,18-19H,1-7,12-15H2,(H,24,28). The van der Waals surface area contributed by atoms with E-state index in [4.69, 9.17) is 4.74 Å². The van der Waals surface area contributed by atoms with Crippen LogP contribution in [0.25, 0.3) is 11.4 Å². The van der Waals surface area contributed by atoms with E-state index in [-0.39, 0.29) is 17.8 Å². The van der Waals surface area contributed by atoms with E-state index in [0.717, 1.165) is 43.0 Å². The van der Waals surface area contributed by atoms with Crippen molar-refractivity contribution in [3.05, 3.63) is 30.1 Å². The third kappa shape index (κ3) is 5.60. The first-order chi connectivity index (χ1) is 14.7. The summed E-state index contributed by atoms with van der Waals surface area (Å²) in [5.41, 5.74) is 0.823. The van der Waals surface area contributed by atoms with Gasteiger partial charge in [-0.15, -0.1) is 10.2 Å². The van der Waals surface area contributed by atoms with Gasteiger partial charge in [0.15, 0.2) is 11.0 Å². The van der Waals surface area contributed by atoms with Crippen molar-refractivity contribution in [1.29, 1.82) is 0 Å². The fourth-order valence-corrected chi connectivity index (χ4v) is 5.03. The number of aromatic nitrogens is 3. The van der Waals surface area contributed by atoms with Crippen molar-refractivity contribution in [3.63, 3.8) is 0 Å². The minimum absolute atomic E-state index is 0.110. The molecule has 1 aromatic carbocycles. The molecule has 1 amide bonds. The normalized spacial score (nSPS) is 19.8. The van der Waals surface area contributed by atoms with Crippen LogP contribution in [0, 0.1) is 5.82 Å². The highest BCUT2D eigenvalue weighted by atomic mass is 32.2. The first-order valence-electron chi connectivity index (χ1n) is 10.9. The SMILES string of the molecule is O=C(CCSc1nnc(-c2ccc(F)cc2)n1CC1CCCO1)NC1CCCCC1. The Kier molecular flexibility index (Phi) is 7.38. The Bertz CT molecular complexity index is 830. The highest BCUT2D eigenvalue weighted by molar-refractivity contribution is 7.99. The van der Waals surface area contributed by atoms with Crippen LogP contribution < -0.4 is 5.32 Å². The van der Waals surface area contributed by atoms with E-state index in [1.165, 1.54) is 43.2 Å². The summed E-state index contributed by atoms with van der Waals surface area (Å²) in [7, 11) is 0. The molecular weight excluding hydrogens is 403 g/mol. The summed E-state index contributed by atoms with van der Waals surface area (Å²) in [6, 6.07) is 6.64. The van der Waals surface area contributed by atoms with Crippen molar-refractivity contribution in [1.82, 2.24) is 20.1 Å². The predicted molar refractivity (Wildman–Crippen MR) is 115 cm³/mol. The van der Waals surface area contributed by atoms with E-state index in [9.17, 15) is 9.18 Å². The zero-order valence-electron chi connectivity index (χ0n) is 17.2. The summed E-state index contributed by atoms with van der Waals surface area (Å²) >= 11 is 1.54. The van der Waals surface area contributed by atoms with Crippen LogP contribution in [-0.4, -0.2) is 45.2 Å². The van der Waals surface area contributed by atoms with Crippen molar-refractivity contribution in [2.75, 3.05) is 12.4 Å². The molecule has 1 N–H and O–H groups in total. The molecule has 1 saturated carbocycles. The average molecular weight is 433 g/mol. The van der Waals surface area contributed by atoms with Gasteiger partial charge in [-0.1, -0.05) is 31.0 Å². The maximum atomic E-state index is 13.3. The zero-order valence-corrected chi connectivity index (χ0v) is 18.0. The van der Waals surface area contributed by atoms with Crippen molar-refractivity contribution >= 4 is 17.7 Å². The third-order valence-corrected chi connectivity index (χ3v) is 6.73. The molecule has 1 saturated heterocycles. The molecule has 1 atom stereocenters. The fourth-order valence-electron chi connectivity index (χ4n) is 4.15. The van der Waals surface area contributed by atoms with E-state index < -0.39 is 0 Å². The van der Waals surface area contributed by atoms with Gasteiger partial charge in [0.25, 0.3) is 0 Å². The average Bonchev–Trinajstić information content (AvgIpc) is 3.40. The maximum absolute atomic E-state index is 13.3. The van der Waals surface area contributed by atoms with Gasteiger partial charge in [0.1, 0.15) is 5.82 Å². The number of carbonyl (C=O) groups is 1. The highest BCUT2D eigenvalue weighted by Crippen LogP contribution is 2.27. The van der Waals surface area contributed by atoms with Gasteiger partial charge in [0.05, 0.1) is 12.6 Å². The number of ether oxygens (including phenoxy) is 1. The summed E-state index contributed by atoms with van der Waals surface area (Å²) in [6.45, 7) is 1.44.